The molecule has 14 heteroatoms. The predicted octanol–water partition coefficient (Wildman–Crippen LogP) is 8.36. The molecule has 2 saturated carbocycles. The number of rotatable bonds is 8. The number of ether oxygens (including phenoxy) is 3. The fourth-order valence-electron chi connectivity index (χ4n) is 8.05. The summed E-state index contributed by atoms with van der Waals surface area (Å²) in [6.45, 7) is 19.1. The Balaban J connectivity index is 0.000000160. The van der Waals surface area contributed by atoms with Crippen LogP contribution in [0.5, 0.6) is 11.5 Å². The van der Waals surface area contributed by atoms with Crippen LogP contribution in [0, 0.1) is 0 Å². The number of aromatic amines is 2. The minimum absolute atomic E-state index is 0.0143. The van der Waals surface area contributed by atoms with Gasteiger partial charge in [0.2, 0.25) is 0 Å². The Kier molecular flexibility index (Phi) is 10.5. The van der Waals surface area contributed by atoms with E-state index >= 15 is 0 Å². The van der Waals surface area contributed by atoms with Gasteiger partial charge in [0.1, 0.15) is 51.3 Å². The fourth-order valence-corrected chi connectivity index (χ4v) is 8.05. The van der Waals surface area contributed by atoms with Crippen LogP contribution in [0.3, 0.4) is 0 Å². The molecule has 0 bridgehead atoms. The van der Waals surface area contributed by atoms with E-state index in [0.717, 1.165) is 113 Å². The van der Waals surface area contributed by atoms with Gasteiger partial charge in [0, 0.05) is 85.6 Å². The average Bonchev–Trinajstić information content (AvgIpc) is 4.03. The Morgan fingerprint density at radius 3 is 1.70 bits per heavy atom. The van der Waals surface area contributed by atoms with Gasteiger partial charge in [0.05, 0.1) is 11.0 Å². The van der Waals surface area contributed by atoms with E-state index in [2.05, 4.69) is 90.5 Å². The first kappa shape index (κ1) is 40.5. The third-order valence-electron chi connectivity index (χ3n) is 12.0. The number of pyridine rings is 2. The maximum absolute atomic E-state index is 12.6. The highest BCUT2D eigenvalue weighted by Gasteiger charge is 2.41. The van der Waals surface area contributed by atoms with Gasteiger partial charge in [-0.05, 0) is 135 Å². The SMILES string of the molecule is C[C@H]1CN(c2cc(-c3n[nH]c4ccc(OC5(C)CC5)cc34)ccn2)CCN1.C[C@H]1CN(c2cc(-c3n[nH]c4ccc(OC5(C)CC5)cc34)ccn2)CCN1C(=O)OC(C)(C)C. The van der Waals surface area contributed by atoms with E-state index in [1.54, 1.807) is 4.90 Å². The van der Waals surface area contributed by atoms with Gasteiger partial charge in [-0.2, -0.15) is 10.2 Å². The van der Waals surface area contributed by atoms with Gasteiger partial charge in [-0.3, -0.25) is 10.2 Å². The molecule has 4 fully saturated rings. The quantitative estimate of drug-likeness (QED) is 0.136. The van der Waals surface area contributed by atoms with Gasteiger partial charge in [-0.25, -0.2) is 14.8 Å². The fraction of sp³-hybridized carbons (Fsp3) is 0.468. The summed E-state index contributed by atoms with van der Waals surface area (Å²) < 4.78 is 17.9. The van der Waals surface area contributed by atoms with Crippen molar-refractivity contribution in [2.45, 2.75) is 103 Å². The number of carbonyl (C=O) groups is 1. The number of hydrogen-bond donors (Lipinski definition) is 3. The van der Waals surface area contributed by atoms with Crippen molar-refractivity contribution in [2.24, 2.45) is 0 Å². The molecule has 0 radical (unpaired) electrons. The molecular weight excluding hydrogens is 769 g/mol. The predicted molar refractivity (Wildman–Crippen MR) is 239 cm³/mol. The van der Waals surface area contributed by atoms with E-state index in [-0.39, 0.29) is 23.3 Å². The van der Waals surface area contributed by atoms with Crippen molar-refractivity contribution in [3.8, 4) is 34.0 Å². The van der Waals surface area contributed by atoms with Crippen molar-refractivity contribution in [1.82, 2.24) is 40.6 Å². The molecule has 0 unspecified atom stereocenters. The largest absolute Gasteiger partial charge is 0.488 e. The molecule has 6 heterocycles. The lowest BCUT2D eigenvalue weighted by Gasteiger charge is -2.40. The molecule has 61 heavy (non-hydrogen) atoms. The van der Waals surface area contributed by atoms with Gasteiger partial charge in [-0.1, -0.05) is 0 Å². The van der Waals surface area contributed by atoms with E-state index in [4.69, 9.17) is 14.2 Å². The molecule has 1 amide bonds. The third kappa shape index (κ3) is 9.24. The lowest BCUT2D eigenvalue weighted by molar-refractivity contribution is 0.0158. The van der Waals surface area contributed by atoms with Crippen LogP contribution in [0.2, 0.25) is 0 Å². The van der Waals surface area contributed by atoms with Crippen LogP contribution < -0.4 is 24.6 Å². The number of nitrogens with zero attached hydrogens (tertiary/aromatic N) is 7. The summed E-state index contributed by atoms with van der Waals surface area (Å²) in [6.07, 6.45) is 7.88. The smallest absolute Gasteiger partial charge is 0.410 e. The summed E-state index contributed by atoms with van der Waals surface area (Å²) in [7, 11) is 0. The van der Waals surface area contributed by atoms with Gasteiger partial charge in [0.15, 0.2) is 0 Å². The monoisotopic (exact) mass is 826 g/mol. The first-order valence-corrected chi connectivity index (χ1v) is 21.7. The molecule has 3 N–H and O–H groups in total. The van der Waals surface area contributed by atoms with Crippen LogP contribution in [-0.4, -0.2) is 110 Å². The van der Waals surface area contributed by atoms with Gasteiger partial charge in [-0.15, -0.1) is 0 Å². The molecule has 0 spiro atoms. The maximum Gasteiger partial charge on any atom is 0.410 e. The number of aromatic nitrogens is 6. The first-order chi connectivity index (χ1) is 29.2. The standard InChI is InChI=1S/C26H33N5O3.C21H25N5O/c1-17-16-30(12-13-31(17)24(32)34-25(2,3)4)22-14-18(8-11-27-22)23-20-15-19(33-26(5)9-10-26)6-7-21(20)28-29-23;1-14-13-26(10-9-22-14)19-11-15(5-8-23-19)20-17-12-16(27-21(2)6-7-21)3-4-18(17)24-25-20/h6-8,11,14-15,17H,9-10,12-13,16H2,1-5H3,(H,28,29);3-5,8,11-12,14,22H,6-7,9-10,13H2,1-2H3,(H,24,25)/t17-;14-/m00/s1. The number of hydrogen-bond acceptors (Lipinski definition) is 11. The number of benzene rings is 2. The second-order valence-corrected chi connectivity index (χ2v) is 18.7. The molecule has 2 atom stereocenters. The maximum atomic E-state index is 12.6. The summed E-state index contributed by atoms with van der Waals surface area (Å²) in [5.74, 6) is 3.67. The Labute approximate surface area is 357 Å². The van der Waals surface area contributed by atoms with E-state index in [9.17, 15) is 4.79 Å². The molecule has 6 aromatic rings. The Bertz CT molecular complexity index is 2540. The average molecular weight is 827 g/mol. The highest BCUT2D eigenvalue weighted by atomic mass is 16.6. The zero-order chi connectivity index (χ0) is 42.5. The molecule has 2 aliphatic heterocycles. The van der Waals surface area contributed by atoms with Gasteiger partial charge >= 0.3 is 6.09 Å². The first-order valence-electron chi connectivity index (χ1n) is 21.7. The number of nitrogens with one attached hydrogen (secondary N) is 3. The molecule has 14 nitrogen and oxygen atoms in total. The van der Waals surface area contributed by atoms with E-state index in [0.29, 0.717) is 25.7 Å². The Hall–Kier alpha value is -5.89. The summed E-state index contributed by atoms with van der Waals surface area (Å²) in [5.41, 5.74) is 5.38. The van der Waals surface area contributed by atoms with Crippen molar-refractivity contribution in [2.75, 3.05) is 49.1 Å². The molecule has 10 rings (SSSR count). The van der Waals surface area contributed by atoms with Gasteiger partial charge in [0.25, 0.3) is 0 Å². The number of amides is 1. The van der Waals surface area contributed by atoms with Crippen molar-refractivity contribution in [3.63, 3.8) is 0 Å². The minimum atomic E-state index is -0.503. The second-order valence-electron chi connectivity index (χ2n) is 18.7. The molecule has 2 saturated heterocycles. The molecule has 4 aliphatic rings. The minimum Gasteiger partial charge on any atom is -0.488 e. The number of piperazine rings is 2. The van der Waals surface area contributed by atoms with Crippen LogP contribution in [0.1, 0.15) is 74.1 Å². The zero-order valence-corrected chi connectivity index (χ0v) is 36.4. The molecule has 4 aromatic heterocycles. The number of H-pyrrole nitrogens is 2. The van der Waals surface area contributed by atoms with Crippen LogP contribution in [0.4, 0.5) is 16.4 Å². The topological polar surface area (TPSA) is 150 Å². The molecular formula is C47H58N10O4. The Morgan fingerprint density at radius 2 is 1.23 bits per heavy atom. The molecule has 2 aliphatic carbocycles. The van der Waals surface area contributed by atoms with Crippen molar-refractivity contribution in [3.05, 3.63) is 73.1 Å². The Morgan fingerprint density at radius 1 is 0.705 bits per heavy atom. The number of carbonyl (C=O) groups excluding carboxylic acids is 1. The van der Waals surface area contributed by atoms with Crippen LogP contribution in [0.15, 0.2) is 73.1 Å². The van der Waals surface area contributed by atoms with Crippen LogP contribution >= 0.6 is 0 Å². The lowest BCUT2D eigenvalue weighted by Crippen LogP contribution is -2.55. The normalized spacial score (nSPS) is 20.5. The third-order valence-corrected chi connectivity index (χ3v) is 12.0. The molecule has 320 valence electrons. The van der Waals surface area contributed by atoms with Crippen molar-refractivity contribution < 1.29 is 19.0 Å². The van der Waals surface area contributed by atoms with Crippen molar-refractivity contribution in [1.29, 1.82) is 0 Å². The summed E-state index contributed by atoms with van der Waals surface area (Å²) in [6, 6.07) is 21.0. The number of fused-ring (bicyclic) bond motifs is 2. The van der Waals surface area contributed by atoms with Crippen LogP contribution in [-0.2, 0) is 4.74 Å². The second kappa shape index (κ2) is 15.9. The molecule has 2 aromatic carbocycles. The highest BCUT2D eigenvalue weighted by molar-refractivity contribution is 5.95. The van der Waals surface area contributed by atoms with Crippen LogP contribution in [0.25, 0.3) is 44.3 Å². The van der Waals surface area contributed by atoms with Crippen molar-refractivity contribution >= 4 is 39.5 Å². The summed E-state index contributed by atoms with van der Waals surface area (Å²) in [5, 5.41) is 21.1. The van der Waals surface area contributed by atoms with Gasteiger partial charge < -0.3 is 34.2 Å². The van der Waals surface area contributed by atoms with E-state index in [1.165, 1.54) is 0 Å². The van der Waals surface area contributed by atoms with E-state index in [1.807, 2.05) is 76.5 Å². The zero-order valence-electron chi connectivity index (χ0n) is 36.4. The van der Waals surface area contributed by atoms with E-state index < -0.39 is 5.60 Å². The highest BCUT2D eigenvalue weighted by Crippen LogP contribution is 2.42. The lowest BCUT2D eigenvalue weighted by atomic mass is 10.1. The summed E-state index contributed by atoms with van der Waals surface area (Å²) >= 11 is 0. The summed E-state index contributed by atoms with van der Waals surface area (Å²) in [4.78, 5) is 28.1. The number of anilines is 2.